The van der Waals surface area contributed by atoms with Crippen LogP contribution >= 0.6 is 0 Å². The van der Waals surface area contributed by atoms with E-state index in [0.29, 0.717) is 23.4 Å². The van der Waals surface area contributed by atoms with Crippen LogP contribution in [0.5, 0.6) is 0 Å². The third kappa shape index (κ3) is 3.36. The van der Waals surface area contributed by atoms with Gasteiger partial charge in [-0.1, -0.05) is 6.92 Å². The SMILES string of the molecule is CCC(CO)(CO)Nc1cc(N)ccc1C(=O)NC. The van der Waals surface area contributed by atoms with Gasteiger partial charge < -0.3 is 26.6 Å². The number of benzene rings is 1. The predicted octanol–water partition coefficient (Wildman–Crippen LogP) is 0.174. The first-order chi connectivity index (χ1) is 9.01. The number of rotatable bonds is 6. The van der Waals surface area contributed by atoms with Gasteiger partial charge in [0.1, 0.15) is 0 Å². The number of nitrogens with one attached hydrogen (secondary N) is 2. The fourth-order valence-corrected chi connectivity index (χ4v) is 1.72. The fraction of sp³-hybridized carbons (Fsp3) is 0.462. The lowest BCUT2D eigenvalue weighted by Crippen LogP contribution is -2.45. The van der Waals surface area contributed by atoms with Crippen LogP contribution in [0.25, 0.3) is 0 Å². The van der Waals surface area contributed by atoms with Crippen molar-refractivity contribution >= 4 is 17.3 Å². The van der Waals surface area contributed by atoms with Crippen LogP contribution in [0, 0.1) is 0 Å². The highest BCUT2D eigenvalue weighted by Crippen LogP contribution is 2.24. The van der Waals surface area contributed by atoms with Crippen molar-refractivity contribution in [2.75, 3.05) is 31.3 Å². The van der Waals surface area contributed by atoms with E-state index in [9.17, 15) is 15.0 Å². The van der Waals surface area contributed by atoms with E-state index >= 15 is 0 Å². The number of nitrogens with two attached hydrogens (primary N) is 1. The second-order valence-corrected chi connectivity index (χ2v) is 4.46. The molecule has 19 heavy (non-hydrogen) atoms. The molecule has 0 spiro atoms. The molecule has 0 aliphatic carbocycles. The molecule has 0 radical (unpaired) electrons. The van der Waals surface area contributed by atoms with Crippen molar-refractivity contribution in [1.82, 2.24) is 5.32 Å². The Morgan fingerprint density at radius 1 is 1.37 bits per heavy atom. The van der Waals surface area contributed by atoms with Gasteiger partial charge in [0.25, 0.3) is 5.91 Å². The van der Waals surface area contributed by atoms with Crippen LogP contribution in [-0.2, 0) is 0 Å². The summed E-state index contributed by atoms with van der Waals surface area (Å²) in [6.07, 6.45) is 0.502. The van der Waals surface area contributed by atoms with Gasteiger partial charge in [0, 0.05) is 18.4 Å². The van der Waals surface area contributed by atoms with Gasteiger partial charge in [0.2, 0.25) is 0 Å². The molecule has 0 aliphatic rings. The van der Waals surface area contributed by atoms with E-state index in [1.54, 1.807) is 18.2 Å². The molecule has 0 atom stereocenters. The number of aliphatic hydroxyl groups is 2. The summed E-state index contributed by atoms with van der Waals surface area (Å²) in [4.78, 5) is 11.8. The van der Waals surface area contributed by atoms with Crippen molar-refractivity contribution in [2.45, 2.75) is 18.9 Å². The maximum absolute atomic E-state index is 11.8. The number of hydrogen-bond acceptors (Lipinski definition) is 5. The Morgan fingerprint density at radius 2 is 2.00 bits per heavy atom. The number of carbonyl (C=O) groups is 1. The van der Waals surface area contributed by atoms with Crippen LogP contribution in [-0.4, -0.2) is 41.9 Å². The monoisotopic (exact) mass is 267 g/mol. The minimum absolute atomic E-state index is 0.248. The molecule has 6 N–H and O–H groups in total. The Morgan fingerprint density at radius 3 is 2.47 bits per heavy atom. The molecule has 0 aromatic heterocycles. The minimum Gasteiger partial charge on any atom is -0.399 e. The first-order valence-electron chi connectivity index (χ1n) is 6.13. The standard InChI is InChI=1S/C13H21N3O3/c1-3-13(7-17,8-18)16-11-6-9(14)4-5-10(11)12(19)15-2/h4-6,16-18H,3,7-8,14H2,1-2H3,(H,15,19). The number of carbonyl (C=O) groups excluding carboxylic acids is 1. The van der Waals surface area contributed by atoms with Crippen LogP contribution < -0.4 is 16.4 Å². The fourth-order valence-electron chi connectivity index (χ4n) is 1.72. The summed E-state index contributed by atoms with van der Waals surface area (Å²) < 4.78 is 0. The number of hydrogen-bond donors (Lipinski definition) is 5. The minimum atomic E-state index is -0.878. The molecule has 6 heteroatoms. The molecule has 0 heterocycles. The van der Waals surface area contributed by atoms with Gasteiger partial charge in [-0.25, -0.2) is 0 Å². The molecule has 0 bridgehead atoms. The average molecular weight is 267 g/mol. The second kappa shape index (κ2) is 6.40. The molecule has 1 aromatic rings. The molecule has 106 valence electrons. The zero-order chi connectivity index (χ0) is 14.5. The van der Waals surface area contributed by atoms with Crippen molar-refractivity contribution in [3.8, 4) is 0 Å². The third-order valence-electron chi connectivity index (χ3n) is 3.20. The lowest BCUT2D eigenvalue weighted by molar-refractivity contribution is 0.0962. The van der Waals surface area contributed by atoms with Crippen molar-refractivity contribution in [3.63, 3.8) is 0 Å². The zero-order valence-corrected chi connectivity index (χ0v) is 11.2. The summed E-state index contributed by atoms with van der Waals surface area (Å²) in [7, 11) is 1.54. The Hall–Kier alpha value is -1.79. The molecular weight excluding hydrogens is 246 g/mol. The topological polar surface area (TPSA) is 108 Å². The summed E-state index contributed by atoms with van der Waals surface area (Å²) in [5.41, 5.74) is 6.24. The zero-order valence-electron chi connectivity index (χ0n) is 11.2. The lowest BCUT2D eigenvalue weighted by Gasteiger charge is -2.31. The van der Waals surface area contributed by atoms with Crippen LogP contribution in [0.1, 0.15) is 23.7 Å². The molecule has 0 unspecified atom stereocenters. The largest absolute Gasteiger partial charge is 0.399 e. The maximum atomic E-state index is 11.8. The van der Waals surface area contributed by atoms with E-state index < -0.39 is 5.54 Å². The van der Waals surface area contributed by atoms with Crippen molar-refractivity contribution in [3.05, 3.63) is 23.8 Å². The van der Waals surface area contributed by atoms with Crippen molar-refractivity contribution in [2.24, 2.45) is 0 Å². The Bertz CT molecular complexity index is 436. The van der Waals surface area contributed by atoms with Gasteiger partial charge in [-0.3, -0.25) is 4.79 Å². The van der Waals surface area contributed by atoms with Crippen LogP contribution in [0.2, 0.25) is 0 Å². The van der Waals surface area contributed by atoms with Crippen LogP contribution in [0.15, 0.2) is 18.2 Å². The first kappa shape index (κ1) is 15.3. The molecule has 1 aromatic carbocycles. The molecule has 0 saturated heterocycles. The highest BCUT2D eigenvalue weighted by Gasteiger charge is 2.27. The van der Waals surface area contributed by atoms with Crippen LogP contribution in [0.3, 0.4) is 0 Å². The van der Waals surface area contributed by atoms with Crippen molar-refractivity contribution in [1.29, 1.82) is 0 Å². The summed E-state index contributed by atoms with van der Waals surface area (Å²) in [5.74, 6) is -0.261. The molecule has 6 nitrogen and oxygen atoms in total. The average Bonchev–Trinajstić information content (AvgIpc) is 2.44. The van der Waals surface area contributed by atoms with Crippen molar-refractivity contribution < 1.29 is 15.0 Å². The molecule has 0 aliphatic heterocycles. The molecular formula is C13H21N3O3. The number of amides is 1. The van der Waals surface area contributed by atoms with Gasteiger partial charge in [-0.05, 0) is 24.6 Å². The third-order valence-corrected chi connectivity index (χ3v) is 3.20. The summed E-state index contributed by atoms with van der Waals surface area (Å²) in [6.45, 7) is 1.34. The first-order valence-corrected chi connectivity index (χ1v) is 6.13. The van der Waals surface area contributed by atoms with E-state index in [0.717, 1.165) is 0 Å². The second-order valence-electron chi connectivity index (χ2n) is 4.46. The summed E-state index contributed by atoms with van der Waals surface area (Å²) in [5, 5.41) is 24.4. The molecule has 1 rings (SSSR count). The lowest BCUT2D eigenvalue weighted by atomic mass is 9.97. The van der Waals surface area contributed by atoms with Gasteiger partial charge in [0.05, 0.1) is 24.3 Å². The smallest absolute Gasteiger partial charge is 0.253 e. The number of aliphatic hydroxyl groups excluding tert-OH is 2. The summed E-state index contributed by atoms with van der Waals surface area (Å²) >= 11 is 0. The van der Waals surface area contributed by atoms with Gasteiger partial charge in [-0.15, -0.1) is 0 Å². The number of nitrogen functional groups attached to an aromatic ring is 1. The Balaban J connectivity index is 3.17. The Labute approximate surface area is 112 Å². The van der Waals surface area contributed by atoms with E-state index in [4.69, 9.17) is 5.73 Å². The molecule has 0 fully saturated rings. The maximum Gasteiger partial charge on any atom is 0.253 e. The van der Waals surface area contributed by atoms with Gasteiger partial charge in [0.15, 0.2) is 0 Å². The highest BCUT2D eigenvalue weighted by molar-refractivity contribution is 6.00. The summed E-state index contributed by atoms with van der Waals surface area (Å²) in [6, 6.07) is 4.84. The predicted molar refractivity (Wildman–Crippen MR) is 75.1 cm³/mol. The molecule has 1 amide bonds. The molecule has 0 saturated carbocycles. The van der Waals surface area contributed by atoms with Gasteiger partial charge in [-0.2, -0.15) is 0 Å². The quantitative estimate of drug-likeness (QED) is 0.472. The van der Waals surface area contributed by atoms with E-state index in [-0.39, 0.29) is 19.1 Å². The van der Waals surface area contributed by atoms with Gasteiger partial charge >= 0.3 is 0 Å². The Kier molecular flexibility index (Phi) is 5.14. The number of anilines is 2. The van der Waals surface area contributed by atoms with Crippen LogP contribution in [0.4, 0.5) is 11.4 Å². The van der Waals surface area contributed by atoms with E-state index in [1.807, 2.05) is 6.92 Å². The highest BCUT2D eigenvalue weighted by atomic mass is 16.3. The van der Waals surface area contributed by atoms with E-state index in [2.05, 4.69) is 10.6 Å². The van der Waals surface area contributed by atoms with E-state index in [1.165, 1.54) is 7.05 Å². The normalized spacial score (nSPS) is 11.2.